The van der Waals surface area contributed by atoms with Crippen molar-refractivity contribution in [1.82, 2.24) is 0 Å². The van der Waals surface area contributed by atoms with E-state index in [0.717, 1.165) is 0 Å². The van der Waals surface area contributed by atoms with Gasteiger partial charge in [0.1, 0.15) is 0 Å². The van der Waals surface area contributed by atoms with Crippen LogP contribution in [0.5, 0.6) is 17.2 Å². The van der Waals surface area contributed by atoms with Crippen LogP contribution in [0.1, 0.15) is 6.92 Å². The van der Waals surface area contributed by atoms with Gasteiger partial charge in [-0.3, -0.25) is 14.9 Å². The third kappa shape index (κ3) is 1.62. The van der Waals surface area contributed by atoms with Gasteiger partial charge in [-0.2, -0.15) is 0 Å². The van der Waals surface area contributed by atoms with Gasteiger partial charge in [-0.15, -0.1) is 0 Å². The summed E-state index contributed by atoms with van der Waals surface area (Å²) in [7, 11) is 0. The van der Waals surface area contributed by atoms with E-state index < -0.39 is 10.9 Å². The minimum atomic E-state index is -0.592. The highest BCUT2D eigenvalue weighted by Gasteiger charge is 2.29. The molecule has 1 aromatic rings. The molecule has 1 heterocycles. The Kier molecular flexibility index (Phi) is 2.35. The Balaban J connectivity index is 2.48. The number of hydrogen-bond acceptors (Lipinski definition) is 6. The van der Waals surface area contributed by atoms with E-state index in [1.807, 2.05) is 0 Å². The van der Waals surface area contributed by atoms with Crippen LogP contribution in [0.4, 0.5) is 5.69 Å². The van der Waals surface area contributed by atoms with Gasteiger partial charge < -0.3 is 14.2 Å². The second-order valence-electron chi connectivity index (χ2n) is 3.00. The van der Waals surface area contributed by atoms with E-state index in [1.54, 1.807) is 0 Å². The standard InChI is InChI=1S/C9H7NO6/c1-5(11)16-7-3-2-6(10(12)13)8-9(7)15-4-14-8/h2-3H,4H2,1H3. The Hall–Kier alpha value is -2.31. The second-order valence-corrected chi connectivity index (χ2v) is 3.00. The Morgan fingerprint density at radius 1 is 1.44 bits per heavy atom. The molecule has 0 fully saturated rings. The van der Waals surface area contributed by atoms with Crippen molar-refractivity contribution in [2.45, 2.75) is 6.92 Å². The maximum Gasteiger partial charge on any atom is 0.315 e. The van der Waals surface area contributed by atoms with E-state index >= 15 is 0 Å². The fourth-order valence-electron chi connectivity index (χ4n) is 1.34. The first-order valence-electron chi connectivity index (χ1n) is 4.35. The zero-order valence-corrected chi connectivity index (χ0v) is 8.26. The highest BCUT2D eigenvalue weighted by Crippen LogP contribution is 2.46. The fraction of sp³-hybridized carbons (Fsp3) is 0.222. The van der Waals surface area contributed by atoms with Crippen LogP contribution in [-0.2, 0) is 4.79 Å². The molecule has 7 heteroatoms. The fourth-order valence-corrected chi connectivity index (χ4v) is 1.34. The van der Waals surface area contributed by atoms with Gasteiger partial charge in [0.25, 0.3) is 0 Å². The number of nitrogens with zero attached hydrogens (tertiary/aromatic N) is 1. The monoisotopic (exact) mass is 225 g/mol. The molecule has 1 aliphatic heterocycles. The van der Waals surface area contributed by atoms with E-state index in [-0.39, 0.29) is 29.7 Å². The van der Waals surface area contributed by atoms with E-state index in [0.29, 0.717) is 0 Å². The Morgan fingerprint density at radius 3 is 2.75 bits per heavy atom. The van der Waals surface area contributed by atoms with Crippen LogP contribution in [0.2, 0.25) is 0 Å². The lowest BCUT2D eigenvalue weighted by Crippen LogP contribution is -2.02. The predicted octanol–water partition coefficient (Wildman–Crippen LogP) is 1.25. The predicted molar refractivity (Wildman–Crippen MR) is 50.5 cm³/mol. The first kappa shape index (κ1) is 10.2. The van der Waals surface area contributed by atoms with Gasteiger partial charge in [0.05, 0.1) is 4.92 Å². The number of carbonyl (C=O) groups excluding carboxylic acids is 1. The lowest BCUT2D eigenvalue weighted by atomic mass is 10.2. The number of carbonyl (C=O) groups is 1. The molecule has 0 spiro atoms. The molecule has 0 aliphatic carbocycles. The topological polar surface area (TPSA) is 87.9 Å². The minimum Gasteiger partial charge on any atom is -0.449 e. The van der Waals surface area contributed by atoms with Gasteiger partial charge in [-0.1, -0.05) is 0 Å². The van der Waals surface area contributed by atoms with Gasteiger partial charge in [0, 0.05) is 13.0 Å². The summed E-state index contributed by atoms with van der Waals surface area (Å²) in [4.78, 5) is 20.8. The van der Waals surface area contributed by atoms with Crippen molar-refractivity contribution in [2.75, 3.05) is 6.79 Å². The van der Waals surface area contributed by atoms with E-state index in [2.05, 4.69) is 0 Å². The number of hydrogen-bond donors (Lipinski definition) is 0. The molecule has 0 atom stereocenters. The number of ether oxygens (including phenoxy) is 3. The van der Waals surface area contributed by atoms with Gasteiger partial charge >= 0.3 is 11.7 Å². The van der Waals surface area contributed by atoms with E-state index in [9.17, 15) is 14.9 Å². The molecular weight excluding hydrogens is 218 g/mol. The largest absolute Gasteiger partial charge is 0.449 e. The average molecular weight is 225 g/mol. The van der Waals surface area contributed by atoms with Gasteiger partial charge in [-0.25, -0.2) is 0 Å². The summed E-state index contributed by atoms with van der Waals surface area (Å²) in [5, 5.41) is 10.7. The molecule has 0 N–H and O–H groups in total. The van der Waals surface area contributed by atoms with E-state index in [1.165, 1.54) is 19.1 Å². The van der Waals surface area contributed by atoms with Gasteiger partial charge in [-0.05, 0) is 6.07 Å². The number of esters is 1. The highest BCUT2D eigenvalue weighted by atomic mass is 16.7. The number of benzene rings is 1. The van der Waals surface area contributed by atoms with Crippen LogP contribution < -0.4 is 14.2 Å². The molecule has 0 saturated carbocycles. The molecule has 0 aromatic heterocycles. The molecule has 1 aromatic carbocycles. The molecule has 1 aliphatic rings. The summed E-state index contributed by atoms with van der Waals surface area (Å²) in [6.07, 6.45) is 0. The van der Waals surface area contributed by atoms with Crippen LogP contribution in [0.25, 0.3) is 0 Å². The SMILES string of the molecule is CC(=O)Oc1ccc([N+](=O)[O-])c2c1OCO2. The summed E-state index contributed by atoms with van der Waals surface area (Å²) in [6.45, 7) is 1.10. The summed E-state index contributed by atoms with van der Waals surface area (Å²) in [5.74, 6) is -0.342. The quantitative estimate of drug-likeness (QED) is 0.325. The Labute approximate surface area is 89.7 Å². The second kappa shape index (κ2) is 3.69. The Morgan fingerprint density at radius 2 is 2.12 bits per heavy atom. The first-order valence-corrected chi connectivity index (χ1v) is 4.35. The van der Waals surface area contributed by atoms with Crippen molar-refractivity contribution in [3.63, 3.8) is 0 Å². The zero-order valence-electron chi connectivity index (χ0n) is 8.26. The number of nitro groups is 1. The normalized spacial score (nSPS) is 12.3. The summed E-state index contributed by atoms with van der Waals surface area (Å²) >= 11 is 0. The van der Waals surface area contributed by atoms with Crippen LogP contribution in [-0.4, -0.2) is 17.7 Å². The number of nitro benzene ring substituents is 1. The molecule has 84 valence electrons. The lowest BCUT2D eigenvalue weighted by Gasteiger charge is -2.04. The summed E-state index contributed by atoms with van der Waals surface area (Å²) in [5.41, 5.74) is -0.219. The molecule has 0 bridgehead atoms. The van der Waals surface area contributed by atoms with Crippen LogP contribution in [0.3, 0.4) is 0 Å². The van der Waals surface area contributed by atoms with Crippen LogP contribution >= 0.6 is 0 Å². The molecular formula is C9H7NO6. The van der Waals surface area contributed by atoms with Crippen molar-refractivity contribution < 1.29 is 23.9 Å². The van der Waals surface area contributed by atoms with Crippen molar-refractivity contribution in [1.29, 1.82) is 0 Å². The average Bonchev–Trinajstić information content (AvgIpc) is 2.65. The molecule has 2 rings (SSSR count). The van der Waals surface area contributed by atoms with Crippen LogP contribution in [0, 0.1) is 10.1 Å². The number of rotatable bonds is 2. The van der Waals surface area contributed by atoms with Crippen molar-refractivity contribution in [3.8, 4) is 17.2 Å². The minimum absolute atomic E-state index is 0.0104. The van der Waals surface area contributed by atoms with Gasteiger partial charge in [0.15, 0.2) is 5.75 Å². The molecule has 0 radical (unpaired) electrons. The van der Waals surface area contributed by atoms with E-state index in [4.69, 9.17) is 14.2 Å². The third-order valence-corrected chi connectivity index (χ3v) is 1.91. The smallest absolute Gasteiger partial charge is 0.315 e. The molecule has 0 saturated heterocycles. The van der Waals surface area contributed by atoms with Crippen molar-refractivity contribution in [3.05, 3.63) is 22.2 Å². The number of fused-ring (bicyclic) bond motifs is 1. The molecule has 0 unspecified atom stereocenters. The maximum absolute atomic E-state index is 10.8. The summed E-state index contributed by atoms with van der Waals surface area (Å²) in [6, 6.07) is 2.50. The zero-order chi connectivity index (χ0) is 11.7. The van der Waals surface area contributed by atoms with Crippen molar-refractivity contribution >= 4 is 11.7 Å². The van der Waals surface area contributed by atoms with Crippen LogP contribution in [0.15, 0.2) is 12.1 Å². The maximum atomic E-state index is 10.8. The summed E-state index contributed by atoms with van der Waals surface area (Å²) < 4.78 is 14.8. The Bertz CT molecular complexity index is 469. The molecule has 16 heavy (non-hydrogen) atoms. The lowest BCUT2D eigenvalue weighted by molar-refractivity contribution is -0.385. The van der Waals surface area contributed by atoms with Gasteiger partial charge in [0.2, 0.25) is 18.3 Å². The first-order chi connectivity index (χ1) is 7.59. The highest BCUT2D eigenvalue weighted by molar-refractivity contribution is 5.73. The molecule has 0 amide bonds. The molecule has 7 nitrogen and oxygen atoms in total. The third-order valence-electron chi connectivity index (χ3n) is 1.91. The van der Waals surface area contributed by atoms with Crippen molar-refractivity contribution in [2.24, 2.45) is 0 Å².